The lowest BCUT2D eigenvalue weighted by Crippen LogP contribution is -2.34. The average molecular weight is 223 g/mol. The van der Waals surface area contributed by atoms with E-state index in [4.69, 9.17) is 0 Å². The predicted molar refractivity (Wildman–Crippen MR) is 65.1 cm³/mol. The standard InChI is InChI=1S/C13H21NS/c1-7-4-10(6-15-7)14-13-11-8-2-3-9(5-8)12(11)13/h7-14H,2-6H2,1H3. The molecule has 1 saturated heterocycles. The van der Waals surface area contributed by atoms with Gasteiger partial charge in [-0.1, -0.05) is 6.92 Å². The van der Waals surface area contributed by atoms with Crippen molar-refractivity contribution in [1.82, 2.24) is 5.32 Å². The molecule has 0 aromatic carbocycles. The molecule has 84 valence electrons. The van der Waals surface area contributed by atoms with E-state index in [1.54, 1.807) is 19.3 Å². The van der Waals surface area contributed by atoms with E-state index >= 15 is 0 Å². The molecule has 4 fully saturated rings. The summed E-state index contributed by atoms with van der Waals surface area (Å²) in [6.45, 7) is 2.38. The summed E-state index contributed by atoms with van der Waals surface area (Å²) in [6.07, 6.45) is 6.11. The maximum absolute atomic E-state index is 3.97. The lowest BCUT2D eigenvalue weighted by atomic mass is 10.0. The van der Waals surface area contributed by atoms with Crippen molar-refractivity contribution in [3.63, 3.8) is 0 Å². The summed E-state index contributed by atoms with van der Waals surface area (Å²) >= 11 is 2.16. The summed E-state index contributed by atoms with van der Waals surface area (Å²) in [7, 11) is 0. The Balaban J connectivity index is 1.38. The van der Waals surface area contributed by atoms with Crippen molar-refractivity contribution < 1.29 is 0 Å². The summed E-state index contributed by atoms with van der Waals surface area (Å²) in [5.74, 6) is 5.86. The summed E-state index contributed by atoms with van der Waals surface area (Å²) < 4.78 is 0. The number of rotatable bonds is 2. The molecule has 0 aromatic rings. The Labute approximate surface area is 96.8 Å². The highest BCUT2D eigenvalue weighted by molar-refractivity contribution is 8.00. The lowest BCUT2D eigenvalue weighted by Gasteiger charge is -2.15. The Kier molecular flexibility index (Phi) is 1.97. The number of nitrogens with one attached hydrogen (secondary N) is 1. The second kappa shape index (κ2) is 3.16. The van der Waals surface area contributed by atoms with Gasteiger partial charge in [0.15, 0.2) is 0 Å². The third kappa shape index (κ3) is 1.33. The first-order valence-electron chi connectivity index (χ1n) is 6.70. The highest BCUT2D eigenvalue weighted by Gasteiger charge is 2.65. The maximum atomic E-state index is 3.97. The highest BCUT2D eigenvalue weighted by Crippen LogP contribution is 2.65. The molecule has 1 heterocycles. The predicted octanol–water partition coefficient (Wildman–Crippen LogP) is 2.51. The Morgan fingerprint density at radius 2 is 1.80 bits per heavy atom. The van der Waals surface area contributed by atoms with Crippen LogP contribution in [0, 0.1) is 23.7 Å². The quantitative estimate of drug-likeness (QED) is 0.772. The van der Waals surface area contributed by atoms with Gasteiger partial charge in [0.2, 0.25) is 0 Å². The fourth-order valence-electron chi connectivity index (χ4n) is 4.75. The molecule has 1 N–H and O–H groups in total. The third-order valence-electron chi connectivity index (χ3n) is 5.36. The summed E-state index contributed by atoms with van der Waals surface area (Å²) in [5, 5.41) is 4.87. The summed E-state index contributed by atoms with van der Waals surface area (Å²) in [4.78, 5) is 0. The highest BCUT2D eigenvalue weighted by atomic mass is 32.2. The van der Waals surface area contributed by atoms with Crippen LogP contribution >= 0.6 is 11.8 Å². The van der Waals surface area contributed by atoms with Gasteiger partial charge in [-0.25, -0.2) is 0 Å². The zero-order valence-electron chi connectivity index (χ0n) is 9.49. The van der Waals surface area contributed by atoms with Crippen LogP contribution in [0.1, 0.15) is 32.6 Å². The van der Waals surface area contributed by atoms with Crippen molar-refractivity contribution in [2.24, 2.45) is 23.7 Å². The van der Waals surface area contributed by atoms with Gasteiger partial charge in [0.1, 0.15) is 0 Å². The molecule has 2 heteroatoms. The van der Waals surface area contributed by atoms with Crippen molar-refractivity contribution >= 4 is 11.8 Å². The van der Waals surface area contributed by atoms with E-state index in [1.807, 2.05) is 0 Å². The first kappa shape index (κ1) is 9.35. The Morgan fingerprint density at radius 1 is 1.07 bits per heavy atom. The van der Waals surface area contributed by atoms with E-state index in [2.05, 4.69) is 24.0 Å². The lowest BCUT2D eigenvalue weighted by molar-refractivity contribution is 0.426. The molecule has 15 heavy (non-hydrogen) atoms. The molecule has 4 aliphatic rings. The van der Waals surface area contributed by atoms with Crippen molar-refractivity contribution in [2.75, 3.05) is 5.75 Å². The summed E-state index contributed by atoms with van der Waals surface area (Å²) in [6, 6.07) is 1.80. The van der Waals surface area contributed by atoms with Crippen molar-refractivity contribution in [1.29, 1.82) is 0 Å². The average Bonchev–Trinajstić information content (AvgIpc) is 2.62. The number of hydrogen-bond acceptors (Lipinski definition) is 2. The number of fused-ring (bicyclic) bond motifs is 5. The van der Waals surface area contributed by atoms with Gasteiger partial charge >= 0.3 is 0 Å². The molecule has 1 nitrogen and oxygen atoms in total. The van der Waals surface area contributed by atoms with Gasteiger partial charge in [-0.2, -0.15) is 11.8 Å². The van der Waals surface area contributed by atoms with E-state index in [0.717, 1.165) is 41.0 Å². The SMILES string of the molecule is CC1CC(NC2C3C4CCC(C4)C23)CS1. The van der Waals surface area contributed by atoms with Crippen LogP contribution in [0.15, 0.2) is 0 Å². The van der Waals surface area contributed by atoms with Crippen LogP contribution in [0.4, 0.5) is 0 Å². The summed E-state index contributed by atoms with van der Waals surface area (Å²) in [5.41, 5.74) is 0. The first-order chi connectivity index (χ1) is 7.33. The fraction of sp³-hybridized carbons (Fsp3) is 1.00. The minimum absolute atomic E-state index is 0.847. The van der Waals surface area contributed by atoms with Gasteiger partial charge in [0, 0.05) is 23.1 Å². The molecule has 4 rings (SSSR count). The monoisotopic (exact) mass is 223 g/mol. The normalized spacial score (nSPS) is 61.0. The van der Waals surface area contributed by atoms with Crippen molar-refractivity contribution in [3.8, 4) is 0 Å². The second-order valence-corrected chi connectivity index (χ2v) is 7.73. The molecule has 0 radical (unpaired) electrons. The number of thioether (sulfide) groups is 1. The molecule has 6 unspecified atom stereocenters. The molecule has 0 spiro atoms. The Bertz CT molecular complexity index is 264. The van der Waals surface area contributed by atoms with Crippen molar-refractivity contribution in [3.05, 3.63) is 0 Å². The third-order valence-corrected chi connectivity index (χ3v) is 6.72. The van der Waals surface area contributed by atoms with E-state index in [9.17, 15) is 0 Å². The molecule has 3 saturated carbocycles. The van der Waals surface area contributed by atoms with Crippen LogP contribution in [0.3, 0.4) is 0 Å². The zero-order valence-corrected chi connectivity index (χ0v) is 10.3. The Hall–Kier alpha value is 0.310. The van der Waals surface area contributed by atoms with Crippen LogP contribution in [-0.4, -0.2) is 23.1 Å². The van der Waals surface area contributed by atoms with Gasteiger partial charge in [-0.3, -0.25) is 0 Å². The van der Waals surface area contributed by atoms with Crippen LogP contribution in [0.2, 0.25) is 0 Å². The van der Waals surface area contributed by atoms with Gasteiger partial charge in [0.25, 0.3) is 0 Å². The van der Waals surface area contributed by atoms with Gasteiger partial charge in [-0.15, -0.1) is 0 Å². The molecular weight excluding hydrogens is 202 g/mol. The smallest absolute Gasteiger partial charge is 0.0171 e. The molecule has 6 atom stereocenters. The van der Waals surface area contributed by atoms with Crippen LogP contribution in [0.5, 0.6) is 0 Å². The van der Waals surface area contributed by atoms with E-state index in [0.29, 0.717) is 0 Å². The Morgan fingerprint density at radius 3 is 2.40 bits per heavy atom. The second-order valence-electron chi connectivity index (χ2n) is 6.26. The maximum Gasteiger partial charge on any atom is 0.0171 e. The molecule has 2 bridgehead atoms. The van der Waals surface area contributed by atoms with Gasteiger partial charge < -0.3 is 5.32 Å². The molecule has 1 aliphatic heterocycles. The minimum atomic E-state index is 0.847. The van der Waals surface area contributed by atoms with E-state index < -0.39 is 0 Å². The van der Waals surface area contributed by atoms with Crippen LogP contribution in [0.25, 0.3) is 0 Å². The molecule has 0 amide bonds. The number of hydrogen-bond donors (Lipinski definition) is 1. The largest absolute Gasteiger partial charge is 0.310 e. The fourth-order valence-corrected chi connectivity index (χ4v) is 5.92. The van der Waals surface area contributed by atoms with Gasteiger partial charge in [0.05, 0.1) is 0 Å². The topological polar surface area (TPSA) is 12.0 Å². The molecule has 0 aromatic heterocycles. The van der Waals surface area contributed by atoms with E-state index in [-0.39, 0.29) is 0 Å². The zero-order chi connectivity index (χ0) is 9.99. The molecule has 3 aliphatic carbocycles. The van der Waals surface area contributed by atoms with Crippen LogP contribution < -0.4 is 5.32 Å². The van der Waals surface area contributed by atoms with E-state index in [1.165, 1.54) is 12.2 Å². The first-order valence-corrected chi connectivity index (χ1v) is 7.75. The molecular formula is C13H21NS. The van der Waals surface area contributed by atoms with Crippen molar-refractivity contribution in [2.45, 2.75) is 49.9 Å². The minimum Gasteiger partial charge on any atom is -0.310 e. The van der Waals surface area contributed by atoms with Gasteiger partial charge in [-0.05, 0) is 49.4 Å². The van der Waals surface area contributed by atoms with Crippen LogP contribution in [-0.2, 0) is 0 Å².